The predicted molar refractivity (Wildman–Crippen MR) is 72.8 cm³/mol. The van der Waals surface area contributed by atoms with Gasteiger partial charge in [0.1, 0.15) is 0 Å². The van der Waals surface area contributed by atoms with Gasteiger partial charge in [0.15, 0.2) is 0 Å². The van der Waals surface area contributed by atoms with E-state index in [1.54, 1.807) is 21.5 Å². The summed E-state index contributed by atoms with van der Waals surface area (Å²) in [6.45, 7) is 3.56. The lowest BCUT2D eigenvalue weighted by Crippen LogP contribution is -2.23. The van der Waals surface area contributed by atoms with Crippen molar-refractivity contribution in [3.63, 3.8) is 0 Å². The highest BCUT2D eigenvalue weighted by atomic mass is 35.5. The molecule has 0 aliphatic rings. The van der Waals surface area contributed by atoms with Gasteiger partial charge in [-0.05, 0) is 24.1 Å². The number of aryl methyl sites for hydroxylation is 1. The maximum atomic E-state index is 11.9. The standard InChI is InChI=1S/C13H16ClN3O/c1-2-16-5-6-17(13(16)18)9-11-4-3-10(8-15)7-12(11)14/h3-7H,2,8-9,15H2,1H3. The Hall–Kier alpha value is -1.52. The summed E-state index contributed by atoms with van der Waals surface area (Å²) in [5.74, 6) is 0. The maximum absolute atomic E-state index is 11.9. The molecule has 1 aromatic heterocycles. The number of hydrogen-bond donors (Lipinski definition) is 1. The third-order valence-electron chi connectivity index (χ3n) is 2.95. The van der Waals surface area contributed by atoms with E-state index in [4.69, 9.17) is 17.3 Å². The minimum absolute atomic E-state index is 0.0172. The molecule has 96 valence electrons. The molecule has 0 bridgehead atoms. The van der Waals surface area contributed by atoms with E-state index in [-0.39, 0.29) is 5.69 Å². The second kappa shape index (κ2) is 5.42. The van der Waals surface area contributed by atoms with Crippen LogP contribution in [0.1, 0.15) is 18.1 Å². The third-order valence-corrected chi connectivity index (χ3v) is 3.30. The quantitative estimate of drug-likeness (QED) is 0.917. The number of aromatic nitrogens is 2. The second-order valence-electron chi connectivity index (χ2n) is 4.12. The fraction of sp³-hybridized carbons (Fsp3) is 0.308. The minimum atomic E-state index is -0.0172. The molecule has 1 heterocycles. The SMILES string of the molecule is CCn1ccn(Cc2ccc(CN)cc2Cl)c1=O. The molecule has 0 saturated carbocycles. The van der Waals surface area contributed by atoms with Gasteiger partial charge in [0.2, 0.25) is 0 Å². The van der Waals surface area contributed by atoms with Gasteiger partial charge in [0.05, 0.1) is 6.54 Å². The molecule has 0 atom stereocenters. The largest absolute Gasteiger partial charge is 0.328 e. The van der Waals surface area contributed by atoms with Crippen LogP contribution in [0.4, 0.5) is 0 Å². The summed E-state index contributed by atoms with van der Waals surface area (Å²) in [5, 5.41) is 0.647. The molecule has 2 rings (SSSR count). The highest BCUT2D eigenvalue weighted by molar-refractivity contribution is 6.31. The van der Waals surface area contributed by atoms with Gasteiger partial charge in [-0.3, -0.25) is 9.13 Å². The van der Waals surface area contributed by atoms with Crippen LogP contribution in [0.5, 0.6) is 0 Å². The summed E-state index contributed by atoms with van der Waals surface area (Å²) < 4.78 is 3.30. The summed E-state index contributed by atoms with van der Waals surface area (Å²) in [6.07, 6.45) is 3.56. The van der Waals surface area contributed by atoms with Crippen LogP contribution in [-0.2, 0) is 19.6 Å². The smallest absolute Gasteiger partial charge is 0.326 e. The first-order valence-electron chi connectivity index (χ1n) is 5.88. The van der Waals surface area contributed by atoms with Crippen LogP contribution in [0, 0.1) is 0 Å². The second-order valence-corrected chi connectivity index (χ2v) is 4.53. The number of hydrogen-bond acceptors (Lipinski definition) is 2. The van der Waals surface area contributed by atoms with Gasteiger partial charge in [0, 0.05) is 30.5 Å². The lowest BCUT2D eigenvalue weighted by Gasteiger charge is -2.06. The fourth-order valence-electron chi connectivity index (χ4n) is 1.84. The third kappa shape index (κ3) is 2.49. The average molecular weight is 266 g/mol. The van der Waals surface area contributed by atoms with Gasteiger partial charge in [-0.1, -0.05) is 23.7 Å². The topological polar surface area (TPSA) is 52.9 Å². The van der Waals surface area contributed by atoms with Crippen molar-refractivity contribution >= 4 is 11.6 Å². The average Bonchev–Trinajstić information content (AvgIpc) is 2.73. The minimum Gasteiger partial charge on any atom is -0.326 e. The molecule has 0 fully saturated rings. The van der Waals surface area contributed by atoms with E-state index in [1.165, 1.54) is 0 Å². The van der Waals surface area contributed by atoms with E-state index in [9.17, 15) is 4.79 Å². The summed E-state index contributed by atoms with van der Waals surface area (Å²) in [7, 11) is 0. The monoisotopic (exact) mass is 265 g/mol. The number of nitrogens with two attached hydrogens (primary N) is 1. The Morgan fingerprint density at radius 3 is 2.56 bits per heavy atom. The Morgan fingerprint density at radius 1 is 1.28 bits per heavy atom. The fourth-order valence-corrected chi connectivity index (χ4v) is 2.11. The first-order valence-corrected chi connectivity index (χ1v) is 6.26. The van der Waals surface area contributed by atoms with E-state index >= 15 is 0 Å². The molecular formula is C13H16ClN3O. The van der Waals surface area contributed by atoms with Gasteiger partial charge in [0.25, 0.3) is 0 Å². The zero-order valence-electron chi connectivity index (χ0n) is 10.3. The Bertz CT molecular complexity index is 601. The van der Waals surface area contributed by atoms with E-state index < -0.39 is 0 Å². The van der Waals surface area contributed by atoms with Gasteiger partial charge in [-0.25, -0.2) is 4.79 Å². The molecule has 18 heavy (non-hydrogen) atoms. The number of halogens is 1. The maximum Gasteiger partial charge on any atom is 0.328 e. The molecule has 4 nitrogen and oxygen atoms in total. The highest BCUT2D eigenvalue weighted by Crippen LogP contribution is 2.18. The Morgan fingerprint density at radius 2 is 2.00 bits per heavy atom. The molecule has 5 heteroatoms. The normalized spacial score (nSPS) is 10.8. The molecule has 2 N–H and O–H groups in total. The number of nitrogens with zero attached hydrogens (tertiary/aromatic N) is 2. The summed E-state index contributed by atoms with van der Waals surface area (Å²) >= 11 is 6.17. The lowest BCUT2D eigenvalue weighted by atomic mass is 10.1. The number of imidazole rings is 1. The summed E-state index contributed by atoms with van der Waals surface area (Å²) in [4.78, 5) is 11.9. The molecule has 0 amide bonds. The molecule has 0 unspecified atom stereocenters. The van der Waals surface area contributed by atoms with Crippen LogP contribution in [0.3, 0.4) is 0 Å². The molecule has 0 aliphatic heterocycles. The van der Waals surface area contributed by atoms with Crippen LogP contribution in [0.2, 0.25) is 5.02 Å². The molecular weight excluding hydrogens is 250 g/mol. The molecule has 0 aliphatic carbocycles. The van der Waals surface area contributed by atoms with E-state index in [2.05, 4.69) is 0 Å². The summed E-state index contributed by atoms with van der Waals surface area (Å²) in [5.41, 5.74) is 7.44. The Kier molecular flexibility index (Phi) is 3.89. The zero-order chi connectivity index (χ0) is 13.1. The van der Waals surface area contributed by atoms with Crippen molar-refractivity contribution in [2.24, 2.45) is 5.73 Å². The van der Waals surface area contributed by atoms with Crippen LogP contribution >= 0.6 is 11.6 Å². The van der Waals surface area contributed by atoms with Crippen molar-refractivity contribution in [1.29, 1.82) is 0 Å². The van der Waals surface area contributed by atoms with Gasteiger partial charge < -0.3 is 5.73 Å². The van der Waals surface area contributed by atoms with Crippen molar-refractivity contribution in [2.45, 2.75) is 26.6 Å². The predicted octanol–water partition coefficient (Wildman–Crippen LogP) is 1.83. The number of benzene rings is 1. The molecule has 1 aromatic carbocycles. The zero-order valence-corrected chi connectivity index (χ0v) is 11.0. The molecule has 0 spiro atoms. The number of rotatable bonds is 4. The van der Waals surface area contributed by atoms with Crippen LogP contribution in [-0.4, -0.2) is 9.13 Å². The lowest BCUT2D eigenvalue weighted by molar-refractivity contribution is 0.668. The van der Waals surface area contributed by atoms with E-state index in [0.717, 1.165) is 11.1 Å². The van der Waals surface area contributed by atoms with Crippen LogP contribution in [0.15, 0.2) is 35.4 Å². The van der Waals surface area contributed by atoms with Crippen molar-refractivity contribution in [1.82, 2.24) is 9.13 Å². The van der Waals surface area contributed by atoms with Crippen molar-refractivity contribution in [3.05, 3.63) is 57.2 Å². The summed E-state index contributed by atoms with van der Waals surface area (Å²) in [6, 6.07) is 5.70. The van der Waals surface area contributed by atoms with Crippen molar-refractivity contribution < 1.29 is 0 Å². The molecule has 2 aromatic rings. The van der Waals surface area contributed by atoms with Crippen molar-refractivity contribution in [3.8, 4) is 0 Å². The van der Waals surface area contributed by atoms with E-state index in [0.29, 0.717) is 24.7 Å². The highest BCUT2D eigenvalue weighted by Gasteiger charge is 2.06. The van der Waals surface area contributed by atoms with Gasteiger partial charge in [-0.2, -0.15) is 0 Å². The van der Waals surface area contributed by atoms with Crippen LogP contribution in [0.25, 0.3) is 0 Å². The Labute approximate surface area is 111 Å². The first-order chi connectivity index (χ1) is 8.65. The van der Waals surface area contributed by atoms with Crippen molar-refractivity contribution in [2.75, 3.05) is 0 Å². The van der Waals surface area contributed by atoms with Gasteiger partial charge in [-0.15, -0.1) is 0 Å². The molecule has 0 radical (unpaired) electrons. The van der Waals surface area contributed by atoms with Gasteiger partial charge >= 0.3 is 5.69 Å². The molecule has 0 saturated heterocycles. The first kappa shape index (κ1) is 12.9. The van der Waals surface area contributed by atoms with E-state index in [1.807, 2.05) is 25.1 Å². The Balaban J connectivity index is 2.28. The van der Waals surface area contributed by atoms with Crippen LogP contribution < -0.4 is 11.4 Å².